The van der Waals surface area contributed by atoms with Crippen molar-refractivity contribution in [3.8, 4) is 11.1 Å². The second-order valence-electron chi connectivity index (χ2n) is 8.81. The van der Waals surface area contributed by atoms with E-state index in [2.05, 4.69) is 27.8 Å². The zero-order valence-corrected chi connectivity index (χ0v) is 18.9. The number of carboxylic acids is 1. The van der Waals surface area contributed by atoms with E-state index in [1.807, 2.05) is 36.4 Å². The summed E-state index contributed by atoms with van der Waals surface area (Å²) in [6.45, 7) is 0.143. The topological polar surface area (TPSA) is 118 Å². The predicted octanol–water partition coefficient (Wildman–Crippen LogP) is 4.43. The maximum absolute atomic E-state index is 12.9. The van der Waals surface area contributed by atoms with Gasteiger partial charge >= 0.3 is 12.1 Å². The van der Waals surface area contributed by atoms with Gasteiger partial charge in [0, 0.05) is 18.2 Å². The predicted molar refractivity (Wildman–Crippen MR) is 129 cm³/mol. The van der Waals surface area contributed by atoms with Gasteiger partial charge in [-0.15, -0.1) is 0 Å². The molecule has 3 N–H and O–H groups in total. The summed E-state index contributed by atoms with van der Waals surface area (Å²) < 4.78 is 5.57. The van der Waals surface area contributed by atoms with E-state index in [9.17, 15) is 19.5 Å². The van der Waals surface area contributed by atoms with Crippen LogP contribution < -0.4 is 10.6 Å². The van der Waals surface area contributed by atoms with E-state index in [0.29, 0.717) is 12.8 Å². The van der Waals surface area contributed by atoms with Gasteiger partial charge in [-0.25, -0.2) is 9.78 Å². The molecule has 0 spiro atoms. The normalized spacial score (nSPS) is 18.4. The summed E-state index contributed by atoms with van der Waals surface area (Å²) in [4.78, 5) is 41.1. The third kappa shape index (κ3) is 4.47. The molecule has 0 aliphatic heterocycles. The average Bonchev–Trinajstić information content (AvgIpc) is 3.46. The SMILES string of the molecule is O=C(Nc1cccnc1C(=O)N[C@@H]1CCC[C@@H]1C(=O)O)OCC1c2ccccc2-c2ccccc21. The van der Waals surface area contributed by atoms with Gasteiger partial charge in [-0.05, 0) is 47.2 Å². The number of carbonyl (C=O) groups is 3. The Hall–Kier alpha value is -4.20. The lowest BCUT2D eigenvalue weighted by molar-refractivity contribution is -0.142. The Bertz CT molecular complexity index is 1250. The molecule has 1 heterocycles. The van der Waals surface area contributed by atoms with Gasteiger partial charge in [0.25, 0.3) is 5.91 Å². The van der Waals surface area contributed by atoms with Crippen molar-refractivity contribution in [1.82, 2.24) is 10.3 Å². The van der Waals surface area contributed by atoms with Crippen molar-refractivity contribution in [1.29, 1.82) is 0 Å². The van der Waals surface area contributed by atoms with Crippen LogP contribution in [-0.2, 0) is 9.53 Å². The Labute approximate surface area is 202 Å². The van der Waals surface area contributed by atoms with Crippen LogP contribution in [0.1, 0.15) is 46.8 Å². The van der Waals surface area contributed by atoms with E-state index >= 15 is 0 Å². The number of fused-ring (bicyclic) bond motifs is 3. The minimum atomic E-state index is -0.925. The highest BCUT2D eigenvalue weighted by Crippen LogP contribution is 2.44. The molecular formula is C27H25N3O5. The van der Waals surface area contributed by atoms with Crippen molar-refractivity contribution < 1.29 is 24.2 Å². The van der Waals surface area contributed by atoms with Crippen LogP contribution in [0.5, 0.6) is 0 Å². The molecule has 2 amide bonds. The van der Waals surface area contributed by atoms with Crippen LogP contribution in [0.4, 0.5) is 10.5 Å². The number of pyridine rings is 1. The highest BCUT2D eigenvalue weighted by Gasteiger charge is 2.35. The van der Waals surface area contributed by atoms with Gasteiger partial charge in [-0.1, -0.05) is 55.0 Å². The first kappa shape index (κ1) is 22.6. The number of nitrogens with one attached hydrogen (secondary N) is 2. The Kier molecular flexibility index (Phi) is 6.18. The molecule has 8 nitrogen and oxygen atoms in total. The zero-order valence-electron chi connectivity index (χ0n) is 18.9. The fraction of sp³-hybridized carbons (Fsp3) is 0.259. The molecule has 2 aliphatic rings. The van der Waals surface area contributed by atoms with Gasteiger partial charge in [0.15, 0.2) is 5.69 Å². The number of nitrogens with zero attached hydrogens (tertiary/aromatic N) is 1. The van der Waals surface area contributed by atoms with Crippen LogP contribution in [-0.4, -0.2) is 40.7 Å². The van der Waals surface area contributed by atoms with Gasteiger partial charge < -0.3 is 15.2 Å². The number of aromatic nitrogens is 1. The Balaban J connectivity index is 1.26. The van der Waals surface area contributed by atoms with Crippen LogP contribution in [0.15, 0.2) is 66.9 Å². The summed E-state index contributed by atoms with van der Waals surface area (Å²) in [6.07, 6.45) is 2.59. The Morgan fingerprint density at radius 2 is 1.63 bits per heavy atom. The molecule has 2 aromatic carbocycles. The lowest BCUT2D eigenvalue weighted by Crippen LogP contribution is -2.40. The summed E-state index contributed by atoms with van der Waals surface area (Å²) in [6, 6.07) is 18.8. The molecule has 0 radical (unpaired) electrons. The van der Waals surface area contributed by atoms with E-state index in [0.717, 1.165) is 28.7 Å². The molecule has 1 saturated carbocycles. The zero-order chi connectivity index (χ0) is 24.4. The van der Waals surface area contributed by atoms with E-state index < -0.39 is 29.9 Å². The number of carboxylic acid groups (broad SMARTS) is 1. The summed E-state index contributed by atoms with van der Waals surface area (Å²) >= 11 is 0. The minimum absolute atomic E-state index is 0.0112. The van der Waals surface area contributed by atoms with E-state index in [1.165, 1.54) is 6.20 Å². The van der Waals surface area contributed by atoms with Crippen molar-refractivity contribution in [2.45, 2.75) is 31.2 Å². The molecule has 0 unspecified atom stereocenters. The molecular weight excluding hydrogens is 446 g/mol. The molecule has 2 aliphatic carbocycles. The van der Waals surface area contributed by atoms with Crippen LogP contribution >= 0.6 is 0 Å². The second-order valence-corrected chi connectivity index (χ2v) is 8.81. The second kappa shape index (κ2) is 9.58. The molecule has 8 heteroatoms. The number of rotatable bonds is 6. The minimum Gasteiger partial charge on any atom is -0.481 e. The number of carbonyl (C=O) groups excluding carboxylic acids is 2. The van der Waals surface area contributed by atoms with Crippen molar-refractivity contribution in [3.63, 3.8) is 0 Å². The first-order valence-electron chi connectivity index (χ1n) is 11.6. The molecule has 1 aromatic heterocycles. The highest BCUT2D eigenvalue weighted by atomic mass is 16.5. The molecule has 35 heavy (non-hydrogen) atoms. The van der Waals surface area contributed by atoms with Crippen molar-refractivity contribution in [2.75, 3.05) is 11.9 Å². The van der Waals surface area contributed by atoms with E-state index in [1.54, 1.807) is 12.1 Å². The third-order valence-corrected chi connectivity index (χ3v) is 6.75. The summed E-state index contributed by atoms with van der Waals surface area (Å²) in [5.74, 6) is -2.16. The molecule has 1 fully saturated rings. The molecule has 2 atom stereocenters. The maximum atomic E-state index is 12.9. The molecule has 3 aromatic rings. The van der Waals surface area contributed by atoms with Crippen LogP contribution in [0, 0.1) is 5.92 Å². The Morgan fingerprint density at radius 3 is 2.31 bits per heavy atom. The maximum Gasteiger partial charge on any atom is 0.411 e. The number of aliphatic carboxylic acids is 1. The number of amides is 2. The van der Waals surface area contributed by atoms with Crippen molar-refractivity contribution in [2.24, 2.45) is 5.92 Å². The van der Waals surface area contributed by atoms with Gasteiger partial charge in [0.1, 0.15) is 6.61 Å². The fourth-order valence-corrected chi connectivity index (χ4v) is 5.10. The lowest BCUT2D eigenvalue weighted by Gasteiger charge is -2.18. The monoisotopic (exact) mass is 471 g/mol. The molecule has 0 bridgehead atoms. The number of benzene rings is 2. The standard InChI is InChI=1S/C27H25N3O5/c31-25(29-22-12-5-11-20(22)26(32)33)24-23(13-6-14-28-24)30-27(34)35-15-21-18-9-3-1-7-16(18)17-8-2-4-10-19(17)21/h1-4,6-10,13-14,20-22H,5,11-12,15H2,(H,29,31)(H,30,34)(H,32,33)/t20-,22+/m0/s1. The van der Waals surface area contributed by atoms with E-state index in [-0.39, 0.29) is 23.9 Å². The van der Waals surface area contributed by atoms with Crippen molar-refractivity contribution >= 4 is 23.7 Å². The van der Waals surface area contributed by atoms with Crippen LogP contribution in [0.2, 0.25) is 0 Å². The lowest BCUT2D eigenvalue weighted by atomic mass is 9.98. The Morgan fingerprint density at radius 1 is 0.943 bits per heavy atom. The van der Waals surface area contributed by atoms with Crippen molar-refractivity contribution in [3.05, 3.63) is 83.7 Å². The number of hydrogen-bond acceptors (Lipinski definition) is 5. The quantitative estimate of drug-likeness (QED) is 0.490. The van der Waals surface area contributed by atoms with Crippen LogP contribution in [0.3, 0.4) is 0 Å². The molecule has 5 rings (SSSR count). The van der Waals surface area contributed by atoms with Gasteiger partial charge in [-0.3, -0.25) is 14.9 Å². The van der Waals surface area contributed by atoms with Gasteiger partial charge in [-0.2, -0.15) is 0 Å². The van der Waals surface area contributed by atoms with Gasteiger partial charge in [0.05, 0.1) is 11.6 Å². The van der Waals surface area contributed by atoms with E-state index in [4.69, 9.17) is 4.74 Å². The number of ether oxygens (including phenoxy) is 1. The third-order valence-electron chi connectivity index (χ3n) is 6.75. The van der Waals surface area contributed by atoms with Crippen LogP contribution in [0.25, 0.3) is 11.1 Å². The largest absolute Gasteiger partial charge is 0.481 e. The number of anilines is 1. The smallest absolute Gasteiger partial charge is 0.411 e. The first-order chi connectivity index (χ1) is 17.0. The van der Waals surface area contributed by atoms with Gasteiger partial charge in [0.2, 0.25) is 0 Å². The fourth-order valence-electron chi connectivity index (χ4n) is 5.10. The first-order valence-corrected chi connectivity index (χ1v) is 11.6. The molecule has 178 valence electrons. The summed E-state index contributed by atoms with van der Waals surface area (Å²) in [7, 11) is 0. The summed E-state index contributed by atoms with van der Waals surface area (Å²) in [5.41, 5.74) is 4.69. The summed E-state index contributed by atoms with van der Waals surface area (Å²) in [5, 5.41) is 14.8. The highest BCUT2D eigenvalue weighted by molar-refractivity contribution is 6.01. The average molecular weight is 472 g/mol. The molecule has 0 saturated heterocycles. The number of hydrogen-bond donors (Lipinski definition) is 3.